The van der Waals surface area contributed by atoms with Crippen molar-refractivity contribution in [3.05, 3.63) is 59.7 Å². The molecule has 0 aromatic heterocycles. The molecule has 30 heavy (non-hydrogen) atoms. The van der Waals surface area contributed by atoms with E-state index in [0.717, 1.165) is 12.8 Å². The third-order valence-electron chi connectivity index (χ3n) is 4.40. The Morgan fingerprint density at radius 1 is 0.967 bits per heavy atom. The third kappa shape index (κ3) is 5.65. The van der Waals surface area contributed by atoms with E-state index < -0.39 is 27.7 Å². The SMILES string of the molecule is NC(=O)CCNC(=O)c1ccccc1NC(=O)c1ccc(S(=O)(=O)NC2CC2)cc1. The Bertz CT molecular complexity index is 1060. The normalized spacial score (nSPS) is 13.5. The Balaban J connectivity index is 1.68. The Hall–Kier alpha value is -3.24. The highest BCUT2D eigenvalue weighted by Crippen LogP contribution is 2.22. The van der Waals surface area contributed by atoms with Crippen LogP contribution < -0.4 is 21.1 Å². The van der Waals surface area contributed by atoms with E-state index in [2.05, 4.69) is 15.4 Å². The lowest BCUT2D eigenvalue weighted by atomic mass is 10.1. The number of carbonyl (C=O) groups is 3. The first-order chi connectivity index (χ1) is 14.3. The minimum absolute atomic E-state index is 0.00509. The van der Waals surface area contributed by atoms with Gasteiger partial charge in [0, 0.05) is 24.6 Å². The quantitative estimate of drug-likeness (QED) is 0.468. The number of amides is 3. The fraction of sp³-hybridized carbons (Fsp3) is 0.250. The van der Waals surface area contributed by atoms with Crippen LogP contribution in [0.2, 0.25) is 0 Å². The summed E-state index contributed by atoms with van der Waals surface area (Å²) in [6, 6.07) is 11.9. The predicted molar refractivity (Wildman–Crippen MR) is 110 cm³/mol. The van der Waals surface area contributed by atoms with Crippen LogP contribution in [0.3, 0.4) is 0 Å². The Morgan fingerprint density at radius 2 is 1.63 bits per heavy atom. The molecular formula is C20H22N4O5S. The van der Waals surface area contributed by atoms with Crippen LogP contribution in [0.1, 0.15) is 40.0 Å². The molecule has 0 heterocycles. The van der Waals surface area contributed by atoms with Crippen molar-refractivity contribution in [2.24, 2.45) is 5.73 Å². The van der Waals surface area contributed by atoms with Crippen molar-refractivity contribution < 1.29 is 22.8 Å². The number of hydrogen-bond donors (Lipinski definition) is 4. The fourth-order valence-electron chi connectivity index (χ4n) is 2.65. The topological polar surface area (TPSA) is 147 Å². The molecule has 5 N–H and O–H groups in total. The molecule has 2 aromatic rings. The molecule has 0 spiro atoms. The molecule has 1 aliphatic rings. The summed E-state index contributed by atoms with van der Waals surface area (Å²) in [6.45, 7) is 0.0846. The van der Waals surface area contributed by atoms with Gasteiger partial charge in [0.2, 0.25) is 15.9 Å². The maximum atomic E-state index is 12.6. The maximum absolute atomic E-state index is 12.6. The first kappa shape index (κ1) is 21.5. The summed E-state index contributed by atoms with van der Waals surface area (Å²) in [6.07, 6.45) is 1.66. The van der Waals surface area contributed by atoms with Gasteiger partial charge in [-0.25, -0.2) is 13.1 Å². The van der Waals surface area contributed by atoms with Crippen LogP contribution in [0.25, 0.3) is 0 Å². The number of anilines is 1. The zero-order valence-corrected chi connectivity index (χ0v) is 16.9. The molecule has 3 amide bonds. The molecule has 0 radical (unpaired) electrons. The van der Waals surface area contributed by atoms with Gasteiger partial charge < -0.3 is 16.4 Å². The van der Waals surface area contributed by atoms with Crippen molar-refractivity contribution in [1.29, 1.82) is 0 Å². The molecule has 1 saturated carbocycles. The summed E-state index contributed by atoms with van der Waals surface area (Å²) in [5, 5.41) is 5.21. The number of carbonyl (C=O) groups excluding carboxylic acids is 3. The monoisotopic (exact) mass is 430 g/mol. The van der Waals surface area contributed by atoms with Crippen LogP contribution >= 0.6 is 0 Å². The molecule has 0 aliphatic heterocycles. The van der Waals surface area contributed by atoms with Crippen LogP contribution in [0.15, 0.2) is 53.4 Å². The lowest BCUT2D eigenvalue weighted by molar-refractivity contribution is -0.117. The molecule has 10 heteroatoms. The fourth-order valence-corrected chi connectivity index (χ4v) is 3.96. The molecule has 0 atom stereocenters. The van der Waals surface area contributed by atoms with E-state index in [0.29, 0.717) is 0 Å². The van der Waals surface area contributed by atoms with Gasteiger partial charge in [-0.1, -0.05) is 12.1 Å². The van der Waals surface area contributed by atoms with E-state index in [-0.39, 0.29) is 40.7 Å². The van der Waals surface area contributed by atoms with Crippen LogP contribution in [-0.4, -0.2) is 38.7 Å². The smallest absolute Gasteiger partial charge is 0.255 e. The minimum atomic E-state index is -3.60. The number of hydrogen-bond acceptors (Lipinski definition) is 5. The van der Waals surface area contributed by atoms with Crippen molar-refractivity contribution in [2.75, 3.05) is 11.9 Å². The summed E-state index contributed by atoms with van der Waals surface area (Å²) in [4.78, 5) is 35.8. The lowest BCUT2D eigenvalue weighted by Crippen LogP contribution is -2.29. The number of nitrogens with two attached hydrogens (primary N) is 1. The van der Waals surface area contributed by atoms with Gasteiger partial charge >= 0.3 is 0 Å². The molecule has 0 bridgehead atoms. The molecule has 1 aliphatic carbocycles. The molecule has 1 fully saturated rings. The summed E-state index contributed by atoms with van der Waals surface area (Å²) >= 11 is 0. The second-order valence-corrected chi connectivity index (χ2v) is 8.61. The van der Waals surface area contributed by atoms with E-state index in [9.17, 15) is 22.8 Å². The van der Waals surface area contributed by atoms with Gasteiger partial charge in [-0.3, -0.25) is 14.4 Å². The van der Waals surface area contributed by atoms with Gasteiger partial charge in [-0.05, 0) is 49.2 Å². The number of sulfonamides is 1. The van der Waals surface area contributed by atoms with Crippen molar-refractivity contribution in [2.45, 2.75) is 30.2 Å². The van der Waals surface area contributed by atoms with Crippen molar-refractivity contribution in [3.63, 3.8) is 0 Å². The van der Waals surface area contributed by atoms with E-state index in [4.69, 9.17) is 5.73 Å². The van der Waals surface area contributed by atoms with Gasteiger partial charge in [0.15, 0.2) is 0 Å². The highest BCUT2D eigenvalue weighted by atomic mass is 32.2. The molecule has 2 aromatic carbocycles. The van der Waals surface area contributed by atoms with Gasteiger partial charge in [0.25, 0.3) is 11.8 Å². The molecule has 0 saturated heterocycles. The van der Waals surface area contributed by atoms with Crippen LogP contribution in [0, 0.1) is 0 Å². The maximum Gasteiger partial charge on any atom is 0.255 e. The summed E-state index contributed by atoms with van der Waals surface area (Å²) in [5.74, 6) is -1.49. The van der Waals surface area contributed by atoms with Crippen molar-refractivity contribution >= 4 is 33.4 Å². The van der Waals surface area contributed by atoms with E-state index >= 15 is 0 Å². The number of rotatable bonds is 9. The number of para-hydroxylation sites is 1. The average Bonchev–Trinajstić information content (AvgIpc) is 3.51. The average molecular weight is 430 g/mol. The van der Waals surface area contributed by atoms with Crippen LogP contribution in [0.5, 0.6) is 0 Å². The minimum Gasteiger partial charge on any atom is -0.370 e. The molecule has 9 nitrogen and oxygen atoms in total. The van der Waals surface area contributed by atoms with Crippen molar-refractivity contribution in [3.8, 4) is 0 Å². The van der Waals surface area contributed by atoms with Crippen LogP contribution in [0.4, 0.5) is 5.69 Å². The first-order valence-corrected chi connectivity index (χ1v) is 10.8. The zero-order valence-electron chi connectivity index (χ0n) is 16.1. The number of primary amides is 1. The third-order valence-corrected chi connectivity index (χ3v) is 5.94. The largest absolute Gasteiger partial charge is 0.370 e. The molecule has 0 unspecified atom stereocenters. The predicted octanol–water partition coefficient (Wildman–Crippen LogP) is 0.985. The van der Waals surface area contributed by atoms with Gasteiger partial charge in [0.1, 0.15) is 0 Å². The van der Waals surface area contributed by atoms with E-state index in [1.54, 1.807) is 18.2 Å². The van der Waals surface area contributed by atoms with Gasteiger partial charge in [-0.15, -0.1) is 0 Å². The highest BCUT2D eigenvalue weighted by Gasteiger charge is 2.28. The van der Waals surface area contributed by atoms with Gasteiger partial charge in [-0.2, -0.15) is 0 Å². The molecule has 3 rings (SSSR count). The van der Waals surface area contributed by atoms with Gasteiger partial charge in [0.05, 0.1) is 16.1 Å². The molecule has 158 valence electrons. The zero-order chi connectivity index (χ0) is 21.7. The lowest BCUT2D eigenvalue weighted by Gasteiger charge is -2.12. The second-order valence-electron chi connectivity index (χ2n) is 6.89. The first-order valence-electron chi connectivity index (χ1n) is 9.35. The number of benzene rings is 2. The Kier molecular flexibility index (Phi) is 6.48. The Labute approximate surface area is 174 Å². The Morgan fingerprint density at radius 3 is 2.27 bits per heavy atom. The standard InChI is InChI=1S/C20H22N4O5S/c21-18(25)11-12-22-20(27)16-3-1-2-4-17(16)23-19(26)13-5-9-15(10-6-13)30(28,29)24-14-7-8-14/h1-6,9-10,14,24H,7-8,11-12H2,(H2,21,25)(H,22,27)(H,23,26). The highest BCUT2D eigenvalue weighted by molar-refractivity contribution is 7.89. The van der Waals surface area contributed by atoms with E-state index in [1.807, 2.05) is 0 Å². The van der Waals surface area contributed by atoms with Crippen LogP contribution in [-0.2, 0) is 14.8 Å². The summed E-state index contributed by atoms with van der Waals surface area (Å²) in [7, 11) is -3.60. The second kappa shape index (κ2) is 9.06. The summed E-state index contributed by atoms with van der Waals surface area (Å²) in [5.41, 5.74) is 5.80. The number of nitrogens with one attached hydrogen (secondary N) is 3. The molecular weight excluding hydrogens is 408 g/mol. The summed E-state index contributed by atoms with van der Waals surface area (Å²) < 4.78 is 27.0. The van der Waals surface area contributed by atoms with Crippen molar-refractivity contribution in [1.82, 2.24) is 10.0 Å². The van der Waals surface area contributed by atoms with E-state index in [1.165, 1.54) is 30.3 Å².